The molecule has 4 rings (SSSR count). The van der Waals surface area contributed by atoms with Crippen molar-refractivity contribution in [1.29, 1.82) is 0 Å². The van der Waals surface area contributed by atoms with Crippen molar-refractivity contribution in [2.45, 2.75) is 13.5 Å². The van der Waals surface area contributed by atoms with Gasteiger partial charge in [-0.25, -0.2) is 14.4 Å². The fraction of sp³-hybridized carbons (Fsp3) is 0.125. The Bertz CT molecular complexity index is 1260. The number of nitrogens with zero attached hydrogens (tertiary/aromatic N) is 3. The number of halogens is 2. The van der Waals surface area contributed by atoms with Crippen molar-refractivity contribution in [2.75, 3.05) is 12.0 Å². The van der Waals surface area contributed by atoms with E-state index in [1.165, 1.54) is 34.7 Å². The maximum absolute atomic E-state index is 14.6. The highest BCUT2D eigenvalue weighted by Crippen LogP contribution is 2.33. The summed E-state index contributed by atoms with van der Waals surface area (Å²) in [6.45, 7) is 2.17. The SMILES string of the molecule is COc1ccc(-c2ccc(CN(C(=O)c3cnc(Cl)cn3)c3ccccc3F)s2)cc1C. The minimum Gasteiger partial charge on any atom is -0.496 e. The van der Waals surface area contributed by atoms with Gasteiger partial charge in [0, 0.05) is 9.75 Å². The number of anilines is 1. The maximum Gasteiger partial charge on any atom is 0.278 e. The number of carbonyl (C=O) groups is 1. The monoisotopic (exact) mass is 467 g/mol. The number of methoxy groups -OCH3 is 1. The van der Waals surface area contributed by atoms with E-state index in [-0.39, 0.29) is 23.1 Å². The molecule has 8 heteroatoms. The Morgan fingerprint density at radius 1 is 1.12 bits per heavy atom. The first-order valence-electron chi connectivity index (χ1n) is 9.74. The lowest BCUT2D eigenvalue weighted by Gasteiger charge is -2.22. The molecule has 1 amide bonds. The highest BCUT2D eigenvalue weighted by Gasteiger charge is 2.23. The predicted molar refractivity (Wildman–Crippen MR) is 125 cm³/mol. The fourth-order valence-electron chi connectivity index (χ4n) is 3.30. The summed E-state index contributed by atoms with van der Waals surface area (Å²) in [5.74, 6) is -0.134. The first-order chi connectivity index (χ1) is 15.5. The number of hydrogen-bond donors (Lipinski definition) is 0. The number of thiophene rings is 1. The summed E-state index contributed by atoms with van der Waals surface area (Å²) < 4.78 is 19.9. The molecule has 0 aliphatic heterocycles. The minimum atomic E-state index is -0.495. The lowest BCUT2D eigenvalue weighted by atomic mass is 10.1. The molecule has 0 bridgehead atoms. The zero-order chi connectivity index (χ0) is 22.7. The Kier molecular flexibility index (Phi) is 6.48. The average Bonchev–Trinajstić information content (AvgIpc) is 3.27. The number of carbonyl (C=O) groups excluding carboxylic acids is 1. The normalized spacial score (nSPS) is 10.8. The van der Waals surface area contributed by atoms with Crippen LogP contribution in [0.2, 0.25) is 5.15 Å². The van der Waals surface area contributed by atoms with Crippen LogP contribution < -0.4 is 9.64 Å². The number of aryl methyl sites for hydroxylation is 1. The van der Waals surface area contributed by atoms with Crippen LogP contribution in [0.3, 0.4) is 0 Å². The second-order valence-corrected chi connectivity index (χ2v) is 8.57. The standard InChI is InChI=1S/C24H19ClFN3O2S/c1-15-11-16(7-9-21(15)31-2)22-10-8-17(32-22)14-29(20-6-4-3-5-18(20)26)24(30)19-12-28-23(25)13-27-19/h3-13H,14H2,1-2H3. The Morgan fingerprint density at radius 2 is 1.94 bits per heavy atom. The third kappa shape index (κ3) is 4.64. The zero-order valence-electron chi connectivity index (χ0n) is 17.4. The van der Waals surface area contributed by atoms with Gasteiger partial charge in [-0.2, -0.15) is 0 Å². The number of rotatable bonds is 6. The van der Waals surface area contributed by atoms with Gasteiger partial charge in [-0.05, 0) is 60.5 Å². The van der Waals surface area contributed by atoms with Crippen molar-refractivity contribution in [3.05, 3.63) is 94.1 Å². The van der Waals surface area contributed by atoms with E-state index in [0.29, 0.717) is 0 Å². The van der Waals surface area contributed by atoms with Crippen molar-refractivity contribution < 1.29 is 13.9 Å². The molecular weight excluding hydrogens is 449 g/mol. The summed E-state index contributed by atoms with van der Waals surface area (Å²) in [6, 6.07) is 16.1. The van der Waals surface area contributed by atoms with E-state index >= 15 is 0 Å². The third-order valence-corrected chi connectivity index (χ3v) is 6.20. The van der Waals surface area contributed by atoms with E-state index in [2.05, 4.69) is 16.0 Å². The van der Waals surface area contributed by atoms with Gasteiger partial charge in [0.1, 0.15) is 22.4 Å². The summed E-state index contributed by atoms with van der Waals surface area (Å²) >= 11 is 7.33. The van der Waals surface area contributed by atoms with E-state index < -0.39 is 11.7 Å². The summed E-state index contributed by atoms with van der Waals surface area (Å²) in [6.07, 6.45) is 2.59. The topological polar surface area (TPSA) is 55.3 Å². The Morgan fingerprint density at radius 3 is 2.62 bits per heavy atom. The zero-order valence-corrected chi connectivity index (χ0v) is 19.0. The van der Waals surface area contributed by atoms with Crippen molar-refractivity contribution in [2.24, 2.45) is 0 Å². The second-order valence-electron chi connectivity index (χ2n) is 7.02. The first kappa shape index (κ1) is 21.9. The van der Waals surface area contributed by atoms with Gasteiger partial charge >= 0.3 is 0 Å². The van der Waals surface area contributed by atoms with Crippen LogP contribution >= 0.6 is 22.9 Å². The minimum absolute atomic E-state index is 0.0835. The summed E-state index contributed by atoms with van der Waals surface area (Å²) in [5, 5.41) is 0.177. The van der Waals surface area contributed by atoms with E-state index in [4.69, 9.17) is 16.3 Å². The highest BCUT2D eigenvalue weighted by molar-refractivity contribution is 7.15. The molecule has 2 aromatic heterocycles. The molecule has 32 heavy (non-hydrogen) atoms. The van der Waals surface area contributed by atoms with Crippen LogP contribution in [0.25, 0.3) is 10.4 Å². The number of aromatic nitrogens is 2. The van der Waals surface area contributed by atoms with Gasteiger partial charge in [-0.15, -0.1) is 11.3 Å². The van der Waals surface area contributed by atoms with Gasteiger partial charge in [0.05, 0.1) is 31.7 Å². The average molecular weight is 468 g/mol. The Hall–Kier alpha value is -3.29. The van der Waals surface area contributed by atoms with E-state index in [1.54, 1.807) is 25.3 Å². The van der Waals surface area contributed by atoms with Crippen LogP contribution in [0.4, 0.5) is 10.1 Å². The molecule has 0 radical (unpaired) electrons. The molecule has 0 saturated carbocycles. The number of benzene rings is 2. The van der Waals surface area contributed by atoms with Crippen molar-refractivity contribution >= 4 is 34.5 Å². The molecule has 5 nitrogen and oxygen atoms in total. The van der Waals surface area contributed by atoms with Crippen LogP contribution in [0, 0.1) is 12.7 Å². The summed E-state index contributed by atoms with van der Waals surface area (Å²) in [7, 11) is 1.64. The van der Waals surface area contributed by atoms with E-state index in [1.807, 2.05) is 31.2 Å². The van der Waals surface area contributed by atoms with Gasteiger partial charge < -0.3 is 4.74 Å². The first-order valence-corrected chi connectivity index (χ1v) is 10.9. The Balaban J connectivity index is 1.66. The van der Waals surface area contributed by atoms with Crippen LogP contribution in [-0.2, 0) is 6.54 Å². The molecule has 0 fully saturated rings. The largest absolute Gasteiger partial charge is 0.496 e. The Labute approximate surface area is 194 Å². The highest BCUT2D eigenvalue weighted by atomic mass is 35.5. The van der Waals surface area contributed by atoms with Gasteiger partial charge in [0.15, 0.2) is 0 Å². The lowest BCUT2D eigenvalue weighted by molar-refractivity contribution is 0.0979. The van der Waals surface area contributed by atoms with E-state index in [9.17, 15) is 9.18 Å². The smallest absolute Gasteiger partial charge is 0.278 e. The van der Waals surface area contributed by atoms with Crippen molar-refractivity contribution in [1.82, 2.24) is 9.97 Å². The molecule has 0 N–H and O–H groups in total. The summed E-state index contributed by atoms with van der Waals surface area (Å²) in [4.78, 5) is 24.5. The molecule has 0 saturated heterocycles. The van der Waals surface area contributed by atoms with Gasteiger partial charge in [0.2, 0.25) is 0 Å². The molecule has 0 atom stereocenters. The quantitative estimate of drug-likeness (QED) is 0.340. The fourth-order valence-corrected chi connectivity index (χ4v) is 4.39. The number of ether oxygens (including phenoxy) is 1. The molecule has 2 aromatic carbocycles. The third-order valence-electron chi connectivity index (χ3n) is 4.88. The maximum atomic E-state index is 14.6. The molecular formula is C24H19ClFN3O2S. The molecule has 0 unspecified atom stereocenters. The van der Waals surface area contributed by atoms with Gasteiger partial charge in [-0.3, -0.25) is 9.69 Å². The van der Waals surface area contributed by atoms with Gasteiger partial charge in [-0.1, -0.05) is 23.7 Å². The molecule has 2 heterocycles. The molecule has 162 valence electrons. The van der Waals surface area contributed by atoms with Crippen LogP contribution in [-0.4, -0.2) is 23.0 Å². The number of amides is 1. The van der Waals surface area contributed by atoms with Gasteiger partial charge in [0.25, 0.3) is 5.91 Å². The number of hydrogen-bond acceptors (Lipinski definition) is 5. The van der Waals surface area contributed by atoms with Crippen LogP contribution in [0.1, 0.15) is 20.9 Å². The van der Waals surface area contributed by atoms with E-state index in [0.717, 1.165) is 26.6 Å². The molecule has 0 aliphatic carbocycles. The molecule has 0 aliphatic rings. The summed E-state index contributed by atoms with van der Waals surface area (Å²) in [5.41, 5.74) is 2.33. The molecule has 0 spiro atoms. The van der Waals surface area contributed by atoms with Crippen LogP contribution in [0.5, 0.6) is 5.75 Å². The van der Waals surface area contributed by atoms with Crippen molar-refractivity contribution in [3.8, 4) is 16.2 Å². The molecule has 4 aromatic rings. The van der Waals surface area contributed by atoms with Crippen molar-refractivity contribution in [3.63, 3.8) is 0 Å². The van der Waals surface area contributed by atoms with Crippen LogP contribution in [0.15, 0.2) is 67.0 Å². The second kappa shape index (κ2) is 9.46. The predicted octanol–water partition coefficient (Wildman–Crippen LogP) is 6.16. The number of para-hydroxylation sites is 1. The lowest BCUT2D eigenvalue weighted by Crippen LogP contribution is -2.31.